The lowest BCUT2D eigenvalue weighted by atomic mass is 10.0. The Morgan fingerprint density at radius 2 is 1.38 bits per heavy atom. The third-order valence-electron chi connectivity index (χ3n) is 4.41. The first-order chi connectivity index (χ1) is 10.3. The molecule has 0 unspecified atom stereocenters. The molecule has 134 valence electrons. The number of rotatable bonds is 4. The first-order valence-corrected chi connectivity index (χ1v) is 7.87. The van der Waals surface area contributed by atoms with Crippen LogP contribution < -0.4 is 4.90 Å². The van der Waals surface area contributed by atoms with Crippen molar-refractivity contribution >= 4 is 30.5 Å². The monoisotopic (exact) mass is 370 g/mol. The zero-order valence-corrected chi connectivity index (χ0v) is 15.7. The molecule has 2 aromatic rings. The van der Waals surface area contributed by atoms with Gasteiger partial charge in [0.05, 0.1) is 0 Å². The van der Waals surface area contributed by atoms with Crippen LogP contribution in [0.4, 0.5) is 5.69 Å². The fourth-order valence-electron chi connectivity index (χ4n) is 3.14. The summed E-state index contributed by atoms with van der Waals surface area (Å²) in [6.45, 7) is 3.39. The zero-order chi connectivity index (χ0) is 14.5. The summed E-state index contributed by atoms with van der Waals surface area (Å²) in [6, 6.07) is 22.3. The van der Waals surface area contributed by atoms with Crippen LogP contribution in [0.3, 0.4) is 0 Å². The summed E-state index contributed by atoms with van der Waals surface area (Å²) < 4.78 is 0. The summed E-state index contributed by atoms with van der Waals surface area (Å²) in [4.78, 5) is 5.02. The molecule has 0 spiro atoms. The Balaban J connectivity index is 0.00000176. The van der Waals surface area contributed by atoms with Gasteiger partial charge in [0, 0.05) is 18.3 Å². The molecule has 24 heavy (non-hydrogen) atoms. The number of anilines is 1. The van der Waals surface area contributed by atoms with E-state index in [-0.39, 0.29) is 30.3 Å². The van der Waals surface area contributed by atoms with E-state index in [1.807, 2.05) is 0 Å². The molecule has 2 N–H and O–H groups in total. The molecular weight excluding hydrogens is 343 g/mol. The third kappa shape index (κ3) is 5.99. The number of piperidine rings is 1. The van der Waals surface area contributed by atoms with Crippen LogP contribution in [0.2, 0.25) is 0 Å². The molecule has 1 aliphatic rings. The molecule has 3 rings (SSSR count). The van der Waals surface area contributed by atoms with Gasteiger partial charge in [-0.2, -0.15) is 0 Å². The largest absolute Gasteiger partial charge is 0.412 e. The third-order valence-corrected chi connectivity index (χ3v) is 4.41. The minimum atomic E-state index is 0. The molecule has 1 fully saturated rings. The lowest BCUT2D eigenvalue weighted by Gasteiger charge is -2.39. The van der Waals surface area contributed by atoms with Gasteiger partial charge in [0.1, 0.15) is 0 Å². The molecule has 3 nitrogen and oxygen atoms in total. The van der Waals surface area contributed by atoms with E-state index in [4.69, 9.17) is 0 Å². The molecular formula is C19H28Cl2N2O. The lowest BCUT2D eigenvalue weighted by molar-refractivity contribution is 0.249. The Morgan fingerprint density at radius 3 is 1.92 bits per heavy atom. The molecule has 5 heteroatoms. The number of para-hydroxylation sites is 1. The maximum Gasteiger partial charge on any atom is 0.0432 e. The minimum Gasteiger partial charge on any atom is -0.412 e. The molecule has 0 aliphatic carbocycles. The molecule has 1 saturated heterocycles. The molecule has 0 bridgehead atoms. The minimum absolute atomic E-state index is 0. The second-order valence-corrected chi connectivity index (χ2v) is 5.98. The Kier molecular flexibility index (Phi) is 10.7. The predicted octanol–water partition coefficient (Wildman–Crippen LogP) is 3.81. The van der Waals surface area contributed by atoms with Crippen LogP contribution in [0.5, 0.6) is 0 Å². The highest BCUT2D eigenvalue weighted by Gasteiger charge is 2.23. The summed E-state index contributed by atoms with van der Waals surface area (Å²) in [6.07, 6.45) is 2.50. The van der Waals surface area contributed by atoms with E-state index in [0.717, 1.165) is 6.54 Å². The van der Waals surface area contributed by atoms with Crippen molar-refractivity contribution in [3.05, 3.63) is 66.2 Å². The summed E-state index contributed by atoms with van der Waals surface area (Å²) in [5.41, 5.74) is 2.73. The second kappa shape index (κ2) is 11.3. The fourth-order valence-corrected chi connectivity index (χ4v) is 3.14. The number of hydrogen-bond donors (Lipinski definition) is 0. The molecule has 0 saturated carbocycles. The number of benzene rings is 2. The van der Waals surface area contributed by atoms with Gasteiger partial charge in [0.25, 0.3) is 0 Å². The summed E-state index contributed by atoms with van der Waals surface area (Å²) >= 11 is 0. The fraction of sp³-hybridized carbons (Fsp3) is 0.368. The van der Waals surface area contributed by atoms with Crippen LogP contribution in [0.25, 0.3) is 0 Å². The topological polar surface area (TPSA) is 38.0 Å². The first-order valence-electron chi connectivity index (χ1n) is 7.87. The van der Waals surface area contributed by atoms with Crippen LogP contribution in [-0.4, -0.2) is 36.6 Å². The van der Waals surface area contributed by atoms with Crippen molar-refractivity contribution in [2.24, 2.45) is 0 Å². The van der Waals surface area contributed by atoms with Crippen LogP contribution in [0, 0.1) is 0 Å². The quantitative estimate of drug-likeness (QED) is 0.820. The lowest BCUT2D eigenvalue weighted by Crippen LogP contribution is -2.43. The van der Waals surface area contributed by atoms with E-state index in [1.54, 1.807) is 0 Å². The smallest absolute Gasteiger partial charge is 0.0432 e. The second-order valence-electron chi connectivity index (χ2n) is 5.98. The summed E-state index contributed by atoms with van der Waals surface area (Å²) in [5, 5.41) is 0. The van der Waals surface area contributed by atoms with Crippen LogP contribution in [-0.2, 0) is 6.54 Å². The number of likely N-dealkylation sites (tertiary alicyclic amines) is 1. The van der Waals surface area contributed by atoms with E-state index >= 15 is 0 Å². The van der Waals surface area contributed by atoms with Gasteiger partial charge in [-0.15, -0.1) is 24.8 Å². The van der Waals surface area contributed by atoms with Gasteiger partial charge in [-0.05, 0) is 50.7 Å². The average molecular weight is 371 g/mol. The van der Waals surface area contributed by atoms with Crippen molar-refractivity contribution < 1.29 is 5.48 Å². The van der Waals surface area contributed by atoms with E-state index in [2.05, 4.69) is 77.5 Å². The SMILES string of the molecule is CN1CCC(N(Cc2ccccc2)c2ccccc2)CC1.Cl.Cl.O. The highest BCUT2D eigenvalue weighted by molar-refractivity contribution is 5.85. The van der Waals surface area contributed by atoms with Gasteiger partial charge >= 0.3 is 0 Å². The van der Waals surface area contributed by atoms with E-state index in [0.29, 0.717) is 6.04 Å². The highest BCUT2D eigenvalue weighted by Crippen LogP contribution is 2.25. The van der Waals surface area contributed by atoms with Gasteiger partial charge < -0.3 is 15.3 Å². The summed E-state index contributed by atoms with van der Waals surface area (Å²) in [5.74, 6) is 0. The Morgan fingerprint density at radius 1 is 0.875 bits per heavy atom. The normalized spacial score (nSPS) is 14.7. The van der Waals surface area contributed by atoms with Crippen molar-refractivity contribution in [1.29, 1.82) is 0 Å². The molecule has 1 aliphatic heterocycles. The molecule has 0 aromatic heterocycles. The predicted molar refractivity (Wildman–Crippen MR) is 108 cm³/mol. The van der Waals surface area contributed by atoms with E-state index < -0.39 is 0 Å². The van der Waals surface area contributed by atoms with E-state index in [1.165, 1.54) is 37.2 Å². The Labute approximate surface area is 157 Å². The maximum atomic E-state index is 2.59. The molecule has 1 heterocycles. The molecule has 0 atom stereocenters. The average Bonchev–Trinajstić information content (AvgIpc) is 2.55. The van der Waals surface area contributed by atoms with Crippen molar-refractivity contribution in [1.82, 2.24) is 4.90 Å². The van der Waals surface area contributed by atoms with Gasteiger partial charge in [-0.25, -0.2) is 0 Å². The van der Waals surface area contributed by atoms with Crippen molar-refractivity contribution in [2.45, 2.75) is 25.4 Å². The van der Waals surface area contributed by atoms with Gasteiger partial charge in [0.2, 0.25) is 0 Å². The van der Waals surface area contributed by atoms with Crippen LogP contribution in [0.15, 0.2) is 60.7 Å². The van der Waals surface area contributed by atoms with Gasteiger partial charge in [0.15, 0.2) is 0 Å². The Bertz CT molecular complexity index is 546. The maximum absolute atomic E-state index is 2.59. The molecule has 0 amide bonds. The van der Waals surface area contributed by atoms with Crippen LogP contribution in [0.1, 0.15) is 18.4 Å². The standard InChI is InChI=1S/C19H24N2.2ClH.H2O/c1-20-14-12-19(13-15-20)21(18-10-6-3-7-11-18)16-17-8-4-2-5-9-17;;;/h2-11,19H,12-16H2,1H3;2*1H;1H2. The number of hydrogen-bond acceptors (Lipinski definition) is 2. The van der Waals surface area contributed by atoms with Gasteiger partial charge in [-0.1, -0.05) is 48.5 Å². The van der Waals surface area contributed by atoms with Crippen molar-refractivity contribution in [3.63, 3.8) is 0 Å². The molecule has 0 radical (unpaired) electrons. The zero-order valence-electron chi connectivity index (χ0n) is 14.1. The van der Waals surface area contributed by atoms with Gasteiger partial charge in [-0.3, -0.25) is 0 Å². The number of nitrogens with zero attached hydrogens (tertiary/aromatic N) is 2. The molecule has 2 aromatic carbocycles. The van der Waals surface area contributed by atoms with E-state index in [9.17, 15) is 0 Å². The highest BCUT2D eigenvalue weighted by atomic mass is 35.5. The Hall–Kier alpha value is -1.26. The summed E-state index contributed by atoms with van der Waals surface area (Å²) in [7, 11) is 2.22. The number of halogens is 2. The first kappa shape index (κ1) is 22.7. The van der Waals surface area contributed by atoms with Crippen molar-refractivity contribution in [3.8, 4) is 0 Å². The van der Waals surface area contributed by atoms with Crippen molar-refractivity contribution in [2.75, 3.05) is 25.0 Å². The van der Waals surface area contributed by atoms with Crippen LogP contribution >= 0.6 is 24.8 Å².